The Labute approximate surface area is 167 Å². The third kappa shape index (κ3) is 6.92. The van der Waals surface area contributed by atoms with E-state index in [1.54, 1.807) is 7.05 Å². The number of carbonyl (C=O) groups excluding carboxylic acids is 1. The van der Waals surface area contributed by atoms with Crippen LogP contribution in [0.1, 0.15) is 32.6 Å². The molecule has 1 heterocycles. The van der Waals surface area contributed by atoms with Crippen LogP contribution in [0.15, 0.2) is 4.99 Å². The van der Waals surface area contributed by atoms with E-state index in [0.29, 0.717) is 19.7 Å². The highest BCUT2D eigenvalue weighted by molar-refractivity contribution is 14.0. The van der Waals surface area contributed by atoms with Crippen LogP contribution in [0.4, 0.5) is 0 Å². The number of esters is 1. The molecular formula is C16H30IN3O4S. The lowest BCUT2D eigenvalue weighted by Gasteiger charge is -2.34. The van der Waals surface area contributed by atoms with Gasteiger partial charge in [-0.3, -0.25) is 9.79 Å². The minimum absolute atomic E-state index is 0. The Morgan fingerprint density at radius 3 is 2.60 bits per heavy atom. The summed E-state index contributed by atoms with van der Waals surface area (Å²) in [5, 5.41) is 3.32. The van der Waals surface area contributed by atoms with Crippen LogP contribution in [0.25, 0.3) is 0 Å². The third-order valence-electron chi connectivity index (χ3n) is 4.70. The number of likely N-dealkylation sites (tertiary alicyclic amines) is 1. The van der Waals surface area contributed by atoms with Crippen LogP contribution < -0.4 is 5.32 Å². The average molecular weight is 487 g/mol. The molecule has 0 unspecified atom stereocenters. The van der Waals surface area contributed by atoms with Gasteiger partial charge in [0, 0.05) is 38.4 Å². The van der Waals surface area contributed by atoms with E-state index in [2.05, 4.69) is 15.2 Å². The molecule has 0 spiro atoms. The number of rotatable bonds is 6. The fourth-order valence-electron chi connectivity index (χ4n) is 3.33. The molecular weight excluding hydrogens is 457 g/mol. The maximum absolute atomic E-state index is 12.0. The quantitative estimate of drug-likeness (QED) is 0.263. The molecule has 0 aromatic heterocycles. The van der Waals surface area contributed by atoms with Crippen molar-refractivity contribution >= 4 is 45.7 Å². The molecule has 1 N–H and O–H groups in total. The number of piperidine rings is 1. The molecule has 25 heavy (non-hydrogen) atoms. The van der Waals surface area contributed by atoms with Gasteiger partial charge >= 0.3 is 5.97 Å². The van der Waals surface area contributed by atoms with Crippen molar-refractivity contribution in [2.24, 2.45) is 16.3 Å². The van der Waals surface area contributed by atoms with Crippen LogP contribution in [-0.2, 0) is 19.4 Å². The Kier molecular flexibility index (Phi) is 8.43. The number of nitrogens with zero attached hydrogens (tertiary/aromatic N) is 2. The van der Waals surface area contributed by atoms with E-state index in [1.165, 1.54) is 6.26 Å². The van der Waals surface area contributed by atoms with E-state index < -0.39 is 9.84 Å². The number of ether oxygens (including phenoxy) is 1. The molecule has 2 aliphatic rings. The zero-order valence-electron chi connectivity index (χ0n) is 15.3. The van der Waals surface area contributed by atoms with Crippen molar-refractivity contribution < 1.29 is 17.9 Å². The number of aliphatic imine (C=N–C) groups is 1. The van der Waals surface area contributed by atoms with Crippen molar-refractivity contribution in [3.8, 4) is 0 Å². The highest BCUT2D eigenvalue weighted by atomic mass is 127. The monoisotopic (exact) mass is 487 g/mol. The van der Waals surface area contributed by atoms with Gasteiger partial charge in [-0.05, 0) is 32.6 Å². The Morgan fingerprint density at radius 1 is 1.40 bits per heavy atom. The van der Waals surface area contributed by atoms with Gasteiger partial charge in [-0.15, -0.1) is 24.0 Å². The van der Waals surface area contributed by atoms with Crippen molar-refractivity contribution in [2.75, 3.05) is 45.3 Å². The van der Waals surface area contributed by atoms with Gasteiger partial charge in [0.1, 0.15) is 9.84 Å². The molecule has 1 atom stereocenters. The Hall–Kier alpha value is -0.580. The lowest BCUT2D eigenvalue weighted by Crippen LogP contribution is -2.49. The molecule has 1 aliphatic heterocycles. The normalized spacial score (nSPS) is 22.8. The average Bonchev–Trinajstić information content (AvgIpc) is 3.26. The van der Waals surface area contributed by atoms with Gasteiger partial charge in [-0.25, -0.2) is 8.42 Å². The van der Waals surface area contributed by atoms with E-state index in [1.807, 2.05) is 6.92 Å². The standard InChI is InChI=1S/C16H29N3O4S.HI/c1-4-23-14(20)13-6-5-9-19(10-13)15(17-2)18-11-16(7-8-16)12-24(3,21)22;/h13H,4-12H2,1-3H3,(H,17,18);1H/t13-;/m1./s1. The zero-order valence-corrected chi connectivity index (χ0v) is 18.4. The molecule has 0 amide bonds. The molecule has 1 aliphatic carbocycles. The molecule has 9 heteroatoms. The number of hydrogen-bond acceptors (Lipinski definition) is 5. The van der Waals surface area contributed by atoms with Crippen molar-refractivity contribution in [3.05, 3.63) is 0 Å². The topological polar surface area (TPSA) is 88.1 Å². The maximum atomic E-state index is 12.0. The Balaban J connectivity index is 0.00000312. The van der Waals surface area contributed by atoms with Crippen molar-refractivity contribution in [1.29, 1.82) is 0 Å². The summed E-state index contributed by atoms with van der Waals surface area (Å²) in [5.74, 6) is 0.690. The predicted octanol–water partition coefficient (Wildman–Crippen LogP) is 1.28. The first-order valence-corrected chi connectivity index (χ1v) is 10.6. The third-order valence-corrected chi connectivity index (χ3v) is 5.84. The van der Waals surface area contributed by atoms with Gasteiger partial charge in [0.2, 0.25) is 0 Å². The molecule has 0 radical (unpaired) electrons. The van der Waals surface area contributed by atoms with Crippen LogP contribution in [0.2, 0.25) is 0 Å². The van der Waals surface area contributed by atoms with E-state index in [4.69, 9.17) is 4.74 Å². The first-order valence-electron chi connectivity index (χ1n) is 8.58. The summed E-state index contributed by atoms with van der Waals surface area (Å²) in [6.45, 7) is 4.26. The van der Waals surface area contributed by atoms with Crippen LogP contribution in [0.5, 0.6) is 0 Å². The smallest absolute Gasteiger partial charge is 0.310 e. The Morgan fingerprint density at radius 2 is 2.08 bits per heavy atom. The predicted molar refractivity (Wildman–Crippen MR) is 109 cm³/mol. The van der Waals surface area contributed by atoms with Crippen molar-refractivity contribution in [1.82, 2.24) is 10.2 Å². The molecule has 0 aromatic rings. The number of nitrogens with one attached hydrogen (secondary N) is 1. The molecule has 0 aromatic carbocycles. The first-order chi connectivity index (χ1) is 11.3. The lowest BCUT2D eigenvalue weighted by atomic mass is 9.98. The number of halogens is 1. The van der Waals surface area contributed by atoms with Gasteiger partial charge < -0.3 is 15.0 Å². The van der Waals surface area contributed by atoms with Gasteiger partial charge in [-0.2, -0.15) is 0 Å². The summed E-state index contributed by atoms with van der Waals surface area (Å²) >= 11 is 0. The second-order valence-electron chi connectivity index (χ2n) is 7.01. The highest BCUT2D eigenvalue weighted by Gasteiger charge is 2.45. The second kappa shape index (κ2) is 9.38. The maximum Gasteiger partial charge on any atom is 0.310 e. The zero-order chi connectivity index (χ0) is 17.8. The van der Waals surface area contributed by atoms with E-state index in [0.717, 1.165) is 38.2 Å². The van der Waals surface area contributed by atoms with Gasteiger partial charge in [0.25, 0.3) is 0 Å². The molecule has 146 valence electrons. The number of sulfone groups is 1. The Bertz CT molecular complexity index is 590. The summed E-state index contributed by atoms with van der Waals surface area (Å²) in [6.07, 6.45) is 4.89. The molecule has 2 fully saturated rings. The van der Waals surface area contributed by atoms with Crippen LogP contribution in [0.3, 0.4) is 0 Å². The van der Waals surface area contributed by atoms with Crippen LogP contribution in [0, 0.1) is 11.3 Å². The summed E-state index contributed by atoms with van der Waals surface area (Å²) in [7, 11) is -1.27. The minimum atomic E-state index is -2.98. The number of carbonyl (C=O) groups is 1. The number of guanidine groups is 1. The first kappa shape index (κ1) is 22.5. The lowest BCUT2D eigenvalue weighted by molar-refractivity contribution is -0.149. The van der Waals surface area contributed by atoms with Gasteiger partial charge in [0.15, 0.2) is 5.96 Å². The molecule has 0 bridgehead atoms. The van der Waals surface area contributed by atoms with Crippen LogP contribution >= 0.6 is 24.0 Å². The van der Waals surface area contributed by atoms with E-state index in [9.17, 15) is 13.2 Å². The van der Waals surface area contributed by atoms with Gasteiger partial charge in [-0.1, -0.05) is 0 Å². The molecule has 1 saturated heterocycles. The number of hydrogen-bond donors (Lipinski definition) is 1. The highest BCUT2D eigenvalue weighted by Crippen LogP contribution is 2.46. The largest absolute Gasteiger partial charge is 0.466 e. The van der Waals surface area contributed by atoms with E-state index in [-0.39, 0.29) is 47.0 Å². The molecule has 2 rings (SSSR count). The SMILES string of the molecule is CCOC(=O)[C@@H]1CCCN(C(=NC)NCC2(CS(C)(=O)=O)CC2)C1.I. The fraction of sp³-hybridized carbons (Fsp3) is 0.875. The molecule has 7 nitrogen and oxygen atoms in total. The summed E-state index contributed by atoms with van der Waals surface area (Å²) in [4.78, 5) is 18.3. The van der Waals surface area contributed by atoms with Gasteiger partial charge in [0.05, 0.1) is 18.3 Å². The fourth-order valence-corrected chi connectivity index (χ4v) is 4.83. The summed E-state index contributed by atoms with van der Waals surface area (Å²) in [5.41, 5.74) is -0.153. The van der Waals surface area contributed by atoms with Crippen molar-refractivity contribution in [2.45, 2.75) is 32.6 Å². The van der Waals surface area contributed by atoms with Crippen LogP contribution in [-0.4, -0.2) is 70.5 Å². The second-order valence-corrected chi connectivity index (χ2v) is 9.15. The van der Waals surface area contributed by atoms with Crippen molar-refractivity contribution in [3.63, 3.8) is 0 Å². The van der Waals surface area contributed by atoms with E-state index >= 15 is 0 Å². The molecule has 1 saturated carbocycles. The minimum Gasteiger partial charge on any atom is -0.466 e. The summed E-state index contributed by atoms with van der Waals surface area (Å²) in [6, 6.07) is 0. The summed E-state index contributed by atoms with van der Waals surface area (Å²) < 4.78 is 28.3.